The average Bonchev–Trinajstić information content (AvgIpc) is 2.57. The quantitative estimate of drug-likeness (QED) is 0.440. The number of hydrogen-bond acceptors (Lipinski definition) is 3. The van der Waals surface area contributed by atoms with E-state index < -0.39 is 0 Å². The number of ether oxygens (including phenoxy) is 2. The van der Waals surface area contributed by atoms with Crippen molar-refractivity contribution in [2.45, 2.75) is 38.7 Å². The third-order valence-corrected chi connectivity index (χ3v) is 4.18. The molecule has 0 spiro atoms. The number of para-hydroxylation sites is 1. The molecule has 0 aliphatic rings. The standard InChI is InChI=1S/C22H29NO2.ClH/c1-6-12-19-13-10-11-16-21(19)25-18(3)24-17(2)22(23(4)5)20-14-8-7-9-15-20;/h6-11,13-18,22H,1,12H2,2-5H3;1H. The topological polar surface area (TPSA) is 21.7 Å². The lowest BCUT2D eigenvalue weighted by Gasteiger charge is -2.32. The van der Waals surface area contributed by atoms with E-state index in [-0.39, 0.29) is 30.8 Å². The van der Waals surface area contributed by atoms with Crippen LogP contribution in [0.3, 0.4) is 0 Å². The summed E-state index contributed by atoms with van der Waals surface area (Å²) in [4.78, 5) is 2.18. The van der Waals surface area contributed by atoms with Crippen LogP contribution in [0.15, 0.2) is 67.3 Å². The zero-order valence-electron chi connectivity index (χ0n) is 16.1. The van der Waals surface area contributed by atoms with Gasteiger partial charge in [0.05, 0.1) is 12.1 Å². The van der Waals surface area contributed by atoms with E-state index >= 15 is 0 Å². The highest BCUT2D eigenvalue weighted by atomic mass is 35.5. The van der Waals surface area contributed by atoms with Crippen molar-refractivity contribution in [1.29, 1.82) is 0 Å². The molecule has 0 aliphatic carbocycles. The first-order chi connectivity index (χ1) is 12.0. The van der Waals surface area contributed by atoms with Gasteiger partial charge in [-0.25, -0.2) is 0 Å². The Bertz CT molecular complexity index is 660. The fourth-order valence-corrected chi connectivity index (χ4v) is 3.17. The van der Waals surface area contributed by atoms with E-state index in [9.17, 15) is 0 Å². The van der Waals surface area contributed by atoms with Crippen molar-refractivity contribution >= 4 is 12.4 Å². The van der Waals surface area contributed by atoms with E-state index in [2.05, 4.69) is 62.8 Å². The third kappa shape index (κ3) is 6.17. The maximum atomic E-state index is 6.18. The molecule has 0 saturated heterocycles. The number of likely N-dealkylation sites (N-methyl/N-ethyl adjacent to an activating group) is 1. The number of hydrogen-bond donors (Lipinski definition) is 0. The summed E-state index contributed by atoms with van der Waals surface area (Å²) < 4.78 is 12.2. The molecule has 2 aromatic carbocycles. The SMILES string of the molecule is C=CCc1ccccc1OC(C)OC(C)C(c1ccccc1)N(C)C.Cl. The van der Waals surface area contributed by atoms with Crippen LogP contribution in [0, 0.1) is 0 Å². The molecule has 2 aromatic rings. The first-order valence-corrected chi connectivity index (χ1v) is 8.75. The van der Waals surface area contributed by atoms with E-state index in [1.54, 1.807) is 0 Å². The number of allylic oxidation sites excluding steroid dienone is 1. The maximum Gasteiger partial charge on any atom is 0.197 e. The summed E-state index contributed by atoms with van der Waals surface area (Å²) >= 11 is 0. The van der Waals surface area contributed by atoms with Crippen molar-refractivity contribution < 1.29 is 9.47 Å². The molecule has 0 radical (unpaired) electrons. The molecule has 0 aromatic heterocycles. The molecule has 0 fully saturated rings. The molecule has 3 unspecified atom stereocenters. The van der Waals surface area contributed by atoms with Gasteiger partial charge in [0.1, 0.15) is 5.75 Å². The highest BCUT2D eigenvalue weighted by Crippen LogP contribution is 2.26. The van der Waals surface area contributed by atoms with E-state index in [4.69, 9.17) is 9.47 Å². The monoisotopic (exact) mass is 375 g/mol. The Labute approximate surface area is 164 Å². The largest absolute Gasteiger partial charge is 0.465 e. The lowest BCUT2D eigenvalue weighted by Crippen LogP contribution is -2.34. The Morgan fingerprint density at radius 3 is 2.23 bits per heavy atom. The van der Waals surface area contributed by atoms with Gasteiger partial charge in [0, 0.05) is 0 Å². The number of nitrogens with zero attached hydrogens (tertiary/aromatic N) is 1. The summed E-state index contributed by atoms with van der Waals surface area (Å²) in [5.74, 6) is 0.850. The van der Waals surface area contributed by atoms with Gasteiger partial charge in [-0.1, -0.05) is 54.6 Å². The fraction of sp³-hybridized carbons (Fsp3) is 0.364. The van der Waals surface area contributed by atoms with Crippen molar-refractivity contribution in [2.75, 3.05) is 14.1 Å². The summed E-state index contributed by atoms with van der Waals surface area (Å²) in [6.45, 7) is 7.84. The van der Waals surface area contributed by atoms with Crippen LogP contribution >= 0.6 is 12.4 Å². The van der Waals surface area contributed by atoms with Crippen molar-refractivity contribution in [1.82, 2.24) is 4.90 Å². The average molecular weight is 376 g/mol. The Morgan fingerprint density at radius 1 is 1.00 bits per heavy atom. The minimum absolute atomic E-state index is 0. The predicted octanol–water partition coefficient (Wildman–Crippen LogP) is 5.27. The van der Waals surface area contributed by atoms with Gasteiger partial charge in [-0.15, -0.1) is 19.0 Å². The molecule has 3 atom stereocenters. The molecule has 0 bridgehead atoms. The van der Waals surface area contributed by atoms with Gasteiger partial charge in [-0.05, 0) is 51.6 Å². The van der Waals surface area contributed by atoms with E-state index in [0.29, 0.717) is 0 Å². The van der Waals surface area contributed by atoms with Gasteiger partial charge in [0.2, 0.25) is 0 Å². The van der Waals surface area contributed by atoms with Crippen LogP contribution in [-0.2, 0) is 11.2 Å². The lowest BCUT2D eigenvalue weighted by atomic mass is 10.0. The van der Waals surface area contributed by atoms with Crippen LogP contribution < -0.4 is 4.74 Å². The minimum Gasteiger partial charge on any atom is -0.465 e. The Kier molecular flexibility index (Phi) is 9.42. The predicted molar refractivity (Wildman–Crippen MR) is 111 cm³/mol. The van der Waals surface area contributed by atoms with E-state index in [0.717, 1.165) is 17.7 Å². The second kappa shape index (κ2) is 11.0. The fourth-order valence-electron chi connectivity index (χ4n) is 3.17. The molecule has 0 amide bonds. The van der Waals surface area contributed by atoms with Crippen LogP contribution in [0.2, 0.25) is 0 Å². The van der Waals surface area contributed by atoms with Gasteiger partial charge in [-0.2, -0.15) is 0 Å². The van der Waals surface area contributed by atoms with Crippen molar-refractivity contribution in [2.24, 2.45) is 0 Å². The van der Waals surface area contributed by atoms with Gasteiger partial charge in [-0.3, -0.25) is 0 Å². The second-order valence-electron chi connectivity index (χ2n) is 6.45. The lowest BCUT2D eigenvalue weighted by molar-refractivity contribution is -0.122. The molecular weight excluding hydrogens is 346 g/mol. The molecular formula is C22H30ClNO2. The van der Waals surface area contributed by atoms with Crippen LogP contribution in [0.1, 0.15) is 31.0 Å². The first kappa shape index (κ1) is 22.2. The first-order valence-electron chi connectivity index (χ1n) is 8.75. The van der Waals surface area contributed by atoms with Crippen molar-refractivity contribution in [3.8, 4) is 5.75 Å². The van der Waals surface area contributed by atoms with Crippen molar-refractivity contribution in [3.63, 3.8) is 0 Å². The van der Waals surface area contributed by atoms with Gasteiger partial charge >= 0.3 is 0 Å². The van der Waals surface area contributed by atoms with Crippen molar-refractivity contribution in [3.05, 3.63) is 78.4 Å². The highest BCUT2D eigenvalue weighted by molar-refractivity contribution is 5.85. The molecule has 0 aliphatic heterocycles. The van der Waals surface area contributed by atoms with Gasteiger partial charge in [0.25, 0.3) is 0 Å². The van der Waals surface area contributed by atoms with Gasteiger partial charge < -0.3 is 14.4 Å². The van der Waals surface area contributed by atoms with E-state index in [1.165, 1.54) is 5.56 Å². The van der Waals surface area contributed by atoms with Crippen LogP contribution in [0.4, 0.5) is 0 Å². The molecule has 142 valence electrons. The zero-order chi connectivity index (χ0) is 18.2. The zero-order valence-corrected chi connectivity index (χ0v) is 16.9. The summed E-state index contributed by atoms with van der Waals surface area (Å²) in [5.41, 5.74) is 2.35. The van der Waals surface area contributed by atoms with Crippen LogP contribution in [0.5, 0.6) is 5.75 Å². The van der Waals surface area contributed by atoms with E-state index in [1.807, 2.05) is 37.3 Å². The van der Waals surface area contributed by atoms with Crippen LogP contribution in [0.25, 0.3) is 0 Å². The number of benzene rings is 2. The Morgan fingerprint density at radius 2 is 1.62 bits per heavy atom. The Hall–Kier alpha value is -1.81. The molecule has 0 saturated carbocycles. The molecule has 3 nitrogen and oxygen atoms in total. The Balaban J connectivity index is 0.00000338. The molecule has 2 rings (SSSR count). The second-order valence-corrected chi connectivity index (χ2v) is 6.45. The molecule has 0 N–H and O–H groups in total. The highest BCUT2D eigenvalue weighted by Gasteiger charge is 2.24. The normalized spacial score (nSPS) is 14.2. The number of halogens is 1. The maximum absolute atomic E-state index is 6.18. The third-order valence-electron chi connectivity index (χ3n) is 4.18. The molecule has 4 heteroatoms. The number of rotatable bonds is 9. The summed E-state index contributed by atoms with van der Waals surface area (Å²) in [7, 11) is 4.14. The molecule has 26 heavy (non-hydrogen) atoms. The summed E-state index contributed by atoms with van der Waals surface area (Å²) in [5, 5.41) is 0. The summed E-state index contributed by atoms with van der Waals surface area (Å²) in [6, 6.07) is 18.6. The molecule has 0 heterocycles. The minimum atomic E-state index is -0.341. The smallest absolute Gasteiger partial charge is 0.197 e. The van der Waals surface area contributed by atoms with Crippen LogP contribution in [-0.4, -0.2) is 31.4 Å². The van der Waals surface area contributed by atoms with Gasteiger partial charge in [0.15, 0.2) is 6.29 Å². The summed E-state index contributed by atoms with van der Waals surface area (Å²) in [6.07, 6.45) is 2.31.